The highest BCUT2D eigenvalue weighted by atomic mass is 15.2. The van der Waals surface area contributed by atoms with Crippen molar-refractivity contribution in [1.29, 1.82) is 0 Å². The van der Waals surface area contributed by atoms with Gasteiger partial charge in [0.25, 0.3) is 17.1 Å². The molecular weight excluding hydrogens is 404 g/mol. The van der Waals surface area contributed by atoms with Crippen LogP contribution in [0, 0.1) is 6.92 Å². The number of rotatable bonds is 5. The molecular formula is C29H37N4+3. The summed E-state index contributed by atoms with van der Waals surface area (Å²) >= 11 is 0. The van der Waals surface area contributed by atoms with Crippen molar-refractivity contribution in [2.75, 3.05) is 0 Å². The summed E-state index contributed by atoms with van der Waals surface area (Å²) in [6, 6.07) is 17.7. The average molecular weight is 442 g/mol. The fourth-order valence-electron chi connectivity index (χ4n) is 4.75. The Morgan fingerprint density at radius 2 is 1.30 bits per heavy atom. The van der Waals surface area contributed by atoms with Crippen LogP contribution in [0.2, 0.25) is 0 Å². The van der Waals surface area contributed by atoms with Crippen molar-refractivity contribution in [3.63, 3.8) is 0 Å². The third kappa shape index (κ3) is 4.10. The molecule has 0 amide bonds. The first-order valence-electron chi connectivity index (χ1n) is 11.9. The Kier molecular flexibility index (Phi) is 6.20. The second-order valence-electron chi connectivity index (χ2n) is 9.75. The van der Waals surface area contributed by atoms with E-state index in [1.807, 2.05) is 0 Å². The van der Waals surface area contributed by atoms with Crippen LogP contribution < -0.4 is 13.7 Å². The molecule has 0 saturated heterocycles. The van der Waals surface area contributed by atoms with Gasteiger partial charge in [-0.05, 0) is 30.4 Å². The van der Waals surface area contributed by atoms with E-state index in [-0.39, 0.29) is 0 Å². The van der Waals surface area contributed by atoms with Crippen molar-refractivity contribution in [3.05, 3.63) is 83.8 Å². The van der Waals surface area contributed by atoms with Gasteiger partial charge in [-0.2, -0.15) is 13.7 Å². The molecule has 4 heteroatoms. The largest absolute Gasteiger partial charge is 0.359 e. The van der Waals surface area contributed by atoms with Crippen molar-refractivity contribution in [2.24, 2.45) is 21.1 Å². The lowest BCUT2D eigenvalue weighted by Crippen LogP contribution is -2.42. The molecule has 0 unspecified atom stereocenters. The Labute approximate surface area is 198 Å². The number of hydrogen-bond donors (Lipinski definition) is 0. The van der Waals surface area contributed by atoms with Gasteiger partial charge in [0.2, 0.25) is 0 Å². The minimum Gasteiger partial charge on any atom is -0.227 e. The fraction of sp³-hybridized carbons (Fsp3) is 0.345. The molecule has 0 atom stereocenters. The van der Waals surface area contributed by atoms with E-state index >= 15 is 0 Å². The van der Waals surface area contributed by atoms with Gasteiger partial charge >= 0.3 is 5.82 Å². The number of benzene rings is 1. The third-order valence-corrected chi connectivity index (χ3v) is 6.61. The van der Waals surface area contributed by atoms with Gasteiger partial charge in [0, 0.05) is 35.4 Å². The first-order valence-corrected chi connectivity index (χ1v) is 11.9. The molecule has 4 aromatic rings. The molecule has 1 aromatic carbocycles. The molecule has 0 radical (unpaired) electrons. The number of aromatic nitrogens is 4. The second-order valence-corrected chi connectivity index (χ2v) is 9.75. The van der Waals surface area contributed by atoms with E-state index in [4.69, 9.17) is 0 Å². The lowest BCUT2D eigenvalue weighted by atomic mass is 9.92. The topological polar surface area (TPSA) is 16.6 Å². The van der Waals surface area contributed by atoms with E-state index in [2.05, 4.69) is 141 Å². The van der Waals surface area contributed by atoms with Gasteiger partial charge in [-0.15, -0.1) is 0 Å². The van der Waals surface area contributed by atoms with E-state index < -0.39 is 0 Å². The number of imidazole rings is 1. The third-order valence-electron chi connectivity index (χ3n) is 6.61. The van der Waals surface area contributed by atoms with Crippen LogP contribution in [0.1, 0.15) is 56.2 Å². The lowest BCUT2D eigenvalue weighted by Gasteiger charge is -2.17. The number of nitrogens with zero attached hydrogens (tertiary/aromatic N) is 4. The molecule has 170 valence electrons. The Bertz CT molecular complexity index is 1290. The van der Waals surface area contributed by atoms with E-state index in [0.717, 1.165) is 0 Å². The quantitative estimate of drug-likeness (QED) is 0.394. The van der Waals surface area contributed by atoms with Crippen LogP contribution in [0.25, 0.3) is 28.6 Å². The molecule has 0 N–H and O–H groups in total. The van der Waals surface area contributed by atoms with E-state index in [0.29, 0.717) is 11.8 Å². The molecule has 33 heavy (non-hydrogen) atoms. The van der Waals surface area contributed by atoms with Crippen LogP contribution in [-0.2, 0) is 21.1 Å². The van der Waals surface area contributed by atoms with Crippen LogP contribution >= 0.6 is 0 Å². The molecule has 3 aromatic heterocycles. The zero-order valence-electron chi connectivity index (χ0n) is 21.3. The van der Waals surface area contributed by atoms with Crippen molar-refractivity contribution < 1.29 is 13.7 Å². The minimum absolute atomic E-state index is 0.436. The summed E-state index contributed by atoms with van der Waals surface area (Å²) in [4.78, 5) is 0. The van der Waals surface area contributed by atoms with Crippen LogP contribution in [0.15, 0.2) is 67.1 Å². The van der Waals surface area contributed by atoms with Gasteiger partial charge in [0.1, 0.15) is 32.2 Å². The van der Waals surface area contributed by atoms with E-state index in [1.165, 1.54) is 45.3 Å². The predicted molar refractivity (Wildman–Crippen MR) is 133 cm³/mol. The molecule has 4 nitrogen and oxygen atoms in total. The Morgan fingerprint density at radius 3 is 1.94 bits per heavy atom. The fourth-order valence-corrected chi connectivity index (χ4v) is 4.75. The molecule has 0 spiro atoms. The standard InChI is InChI=1S/C29H37N4/c1-20(2)23-11-9-12-24(21(3)4)28(23)33-18-17-31(7)29(33)26-14-10-13-25(32(26)8)27-19-22(5)15-16-30(27)6/h9-21H,1-8H3/q+3. The van der Waals surface area contributed by atoms with Gasteiger partial charge in [-0.25, -0.2) is 4.57 Å². The van der Waals surface area contributed by atoms with Crippen LogP contribution in [0.5, 0.6) is 0 Å². The molecule has 0 saturated carbocycles. The van der Waals surface area contributed by atoms with Crippen molar-refractivity contribution in [2.45, 2.75) is 46.5 Å². The van der Waals surface area contributed by atoms with Gasteiger partial charge in [0.05, 0.1) is 7.05 Å². The van der Waals surface area contributed by atoms with Gasteiger partial charge < -0.3 is 0 Å². The Balaban J connectivity index is 2.00. The molecule has 0 aliphatic carbocycles. The Hall–Kier alpha value is -3.27. The van der Waals surface area contributed by atoms with Gasteiger partial charge in [0.15, 0.2) is 6.20 Å². The Morgan fingerprint density at radius 1 is 0.697 bits per heavy atom. The highest BCUT2D eigenvalue weighted by molar-refractivity contribution is 5.58. The molecule has 4 rings (SSSR count). The summed E-state index contributed by atoms with van der Waals surface area (Å²) in [7, 11) is 6.41. The van der Waals surface area contributed by atoms with Crippen molar-refractivity contribution >= 4 is 0 Å². The van der Waals surface area contributed by atoms with Crippen LogP contribution in [0.4, 0.5) is 0 Å². The summed E-state index contributed by atoms with van der Waals surface area (Å²) in [5.74, 6) is 2.04. The predicted octanol–water partition coefficient (Wildman–Crippen LogP) is 4.84. The van der Waals surface area contributed by atoms with Crippen molar-refractivity contribution in [1.82, 2.24) is 4.57 Å². The molecule has 0 aliphatic heterocycles. The zero-order chi connectivity index (χ0) is 23.9. The first kappa shape index (κ1) is 22.9. The maximum atomic E-state index is 2.39. The minimum atomic E-state index is 0.436. The first-order chi connectivity index (χ1) is 15.7. The molecule has 0 fully saturated rings. The molecule has 0 bridgehead atoms. The number of hydrogen-bond acceptors (Lipinski definition) is 0. The van der Waals surface area contributed by atoms with Crippen molar-refractivity contribution in [3.8, 4) is 28.6 Å². The van der Waals surface area contributed by atoms with Crippen LogP contribution in [-0.4, -0.2) is 4.57 Å². The van der Waals surface area contributed by atoms with Gasteiger partial charge in [-0.3, -0.25) is 0 Å². The highest BCUT2D eigenvalue weighted by Gasteiger charge is 2.32. The summed E-state index contributed by atoms with van der Waals surface area (Å²) in [5.41, 5.74) is 8.89. The van der Waals surface area contributed by atoms with Gasteiger partial charge in [-0.1, -0.05) is 45.9 Å². The number of pyridine rings is 2. The summed E-state index contributed by atoms with van der Waals surface area (Å²) in [5, 5.41) is 0. The second kappa shape index (κ2) is 8.93. The van der Waals surface area contributed by atoms with E-state index in [9.17, 15) is 0 Å². The summed E-state index contributed by atoms with van der Waals surface area (Å²) < 4.78 is 9.13. The normalized spacial score (nSPS) is 11.6. The SMILES string of the molecule is Cc1cc[n+](C)c(-c2cccc(-c3n(-c4c(C(C)C)cccc4C(C)C)cc[n+]3C)[n+]2C)c1. The highest BCUT2D eigenvalue weighted by Crippen LogP contribution is 2.33. The maximum absolute atomic E-state index is 2.39. The molecule has 0 aliphatic rings. The zero-order valence-corrected chi connectivity index (χ0v) is 21.3. The number of para-hydroxylation sites is 1. The average Bonchev–Trinajstić information content (AvgIpc) is 3.16. The summed E-state index contributed by atoms with van der Waals surface area (Å²) in [6.07, 6.45) is 6.51. The summed E-state index contributed by atoms with van der Waals surface area (Å²) in [6.45, 7) is 11.3. The molecule has 3 heterocycles. The van der Waals surface area contributed by atoms with E-state index in [1.54, 1.807) is 0 Å². The monoisotopic (exact) mass is 441 g/mol. The lowest BCUT2D eigenvalue weighted by molar-refractivity contribution is -0.697. The number of aryl methyl sites for hydroxylation is 3. The smallest absolute Gasteiger partial charge is 0.227 e. The maximum Gasteiger partial charge on any atom is 0.359 e. The van der Waals surface area contributed by atoms with Crippen LogP contribution in [0.3, 0.4) is 0 Å².